The largest absolute Gasteiger partial charge is 0.317 e. The molecular formula is C17H13ClN6. The Bertz CT molecular complexity index is 1070. The first-order valence-electron chi connectivity index (χ1n) is 8.85. The molecule has 4 rings (SSSR count). The van der Waals surface area contributed by atoms with Gasteiger partial charge in [-0.05, 0) is 31.0 Å². The van der Waals surface area contributed by atoms with Gasteiger partial charge in [0.05, 0.1) is 11.3 Å². The maximum absolute atomic E-state index is 9.24. The Morgan fingerprint density at radius 2 is 2.25 bits per heavy atom. The van der Waals surface area contributed by atoms with E-state index in [0.717, 1.165) is 29.4 Å². The number of hydrogen-bond donors (Lipinski definition) is 0. The molecule has 0 spiro atoms. The summed E-state index contributed by atoms with van der Waals surface area (Å²) in [6, 6.07) is 7.14. The van der Waals surface area contributed by atoms with Gasteiger partial charge in [0.15, 0.2) is 5.82 Å². The molecule has 0 aliphatic heterocycles. The molecule has 0 bridgehead atoms. The fourth-order valence-corrected chi connectivity index (χ4v) is 2.80. The van der Waals surface area contributed by atoms with Crippen molar-refractivity contribution in [1.29, 1.82) is 5.26 Å². The van der Waals surface area contributed by atoms with Crippen molar-refractivity contribution < 1.29 is 4.11 Å². The second-order valence-electron chi connectivity index (χ2n) is 5.63. The quantitative estimate of drug-likeness (QED) is 0.683. The Labute approximate surface area is 148 Å². The van der Waals surface area contributed by atoms with Gasteiger partial charge in [0, 0.05) is 40.0 Å². The number of aryl methyl sites for hydroxylation is 1. The molecule has 0 N–H and O–H groups in total. The number of pyridine rings is 2. The highest BCUT2D eigenvalue weighted by Gasteiger charge is 2.26. The zero-order chi connectivity index (χ0) is 19.2. The number of hydrogen-bond acceptors (Lipinski definition) is 5. The second kappa shape index (κ2) is 5.69. The molecule has 0 atom stereocenters. The lowest BCUT2D eigenvalue weighted by Gasteiger charge is -2.10. The van der Waals surface area contributed by atoms with E-state index in [1.165, 1.54) is 6.20 Å². The zero-order valence-electron chi connectivity index (χ0n) is 15.4. The molecule has 3 aromatic heterocycles. The van der Waals surface area contributed by atoms with E-state index >= 15 is 0 Å². The van der Waals surface area contributed by atoms with Crippen LogP contribution in [-0.4, -0.2) is 24.7 Å². The van der Waals surface area contributed by atoms with Crippen molar-refractivity contribution in [2.24, 2.45) is 6.98 Å². The van der Waals surface area contributed by atoms with Crippen molar-refractivity contribution >= 4 is 11.6 Å². The monoisotopic (exact) mass is 339 g/mol. The van der Waals surface area contributed by atoms with Gasteiger partial charge >= 0.3 is 0 Å². The molecule has 0 unspecified atom stereocenters. The summed E-state index contributed by atoms with van der Waals surface area (Å²) in [4.78, 5) is 8.75. The van der Waals surface area contributed by atoms with E-state index < -0.39 is 6.98 Å². The van der Waals surface area contributed by atoms with Crippen LogP contribution in [0.1, 0.15) is 34.1 Å². The minimum absolute atomic E-state index is 0.107. The minimum atomic E-state index is -2.46. The van der Waals surface area contributed by atoms with Crippen LogP contribution in [0.3, 0.4) is 0 Å². The van der Waals surface area contributed by atoms with E-state index in [4.69, 9.17) is 15.7 Å². The topological polar surface area (TPSA) is 80.3 Å². The second-order valence-corrected chi connectivity index (χ2v) is 6.02. The molecule has 0 aromatic carbocycles. The summed E-state index contributed by atoms with van der Waals surface area (Å²) in [5.74, 6) is 0.491. The smallest absolute Gasteiger partial charge is 0.165 e. The molecule has 3 heterocycles. The average Bonchev–Trinajstić information content (AvgIpc) is 3.35. The van der Waals surface area contributed by atoms with Crippen LogP contribution in [-0.2, 0) is 6.98 Å². The van der Waals surface area contributed by atoms with Gasteiger partial charge in [-0.1, -0.05) is 11.6 Å². The molecule has 3 aromatic rings. The highest BCUT2D eigenvalue weighted by atomic mass is 35.5. The maximum Gasteiger partial charge on any atom is 0.165 e. The molecule has 24 heavy (non-hydrogen) atoms. The van der Waals surface area contributed by atoms with Crippen LogP contribution >= 0.6 is 11.6 Å². The van der Waals surface area contributed by atoms with Crippen molar-refractivity contribution in [2.75, 3.05) is 0 Å². The third-order valence-corrected chi connectivity index (χ3v) is 4.08. The number of halogens is 1. The molecule has 1 aliphatic carbocycles. The lowest BCUT2D eigenvalue weighted by Crippen LogP contribution is -1.98. The summed E-state index contributed by atoms with van der Waals surface area (Å²) >= 11 is 6.20. The molecular weight excluding hydrogens is 324 g/mol. The lowest BCUT2D eigenvalue weighted by molar-refractivity contribution is 0.919. The van der Waals surface area contributed by atoms with Gasteiger partial charge in [0.1, 0.15) is 17.5 Å². The number of nitrogens with zero attached hydrogens (tertiary/aromatic N) is 6. The third-order valence-electron chi connectivity index (χ3n) is 3.89. The third kappa shape index (κ3) is 2.63. The van der Waals surface area contributed by atoms with E-state index in [1.54, 1.807) is 12.1 Å². The number of aromatic nitrogens is 5. The Morgan fingerprint density at radius 3 is 3.00 bits per heavy atom. The van der Waals surface area contributed by atoms with Crippen molar-refractivity contribution in [2.45, 2.75) is 18.8 Å². The van der Waals surface area contributed by atoms with E-state index in [-0.39, 0.29) is 11.4 Å². The maximum atomic E-state index is 9.24. The molecule has 7 heteroatoms. The Morgan fingerprint density at radius 1 is 1.38 bits per heavy atom. The summed E-state index contributed by atoms with van der Waals surface area (Å²) in [6.45, 7) is -2.46. The fourth-order valence-electron chi connectivity index (χ4n) is 2.59. The van der Waals surface area contributed by atoms with E-state index in [2.05, 4.69) is 20.2 Å². The van der Waals surface area contributed by atoms with Gasteiger partial charge in [-0.2, -0.15) is 5.26 Å². The summed E-state index contributed by atoms with van der Waals surface area (Å²) < 4.78 is 24.0. The van der Waals surface area contributed by atoms with E-state index in [1.807, 2.05) is 12.1 Å². The standard InChI is InChI=1S/C17H13ClN6/c1-24-9-21-23-17(24)13-4-10(7-19)8-20-16(13)12-5-14(11-2-3-11)22-15(18)6-12/h4-6,8-9,11H,2-3H2,1H3/i1D3. The van der Waals surface area contributed by atoms with Gasteiger partial charge in [-0.15, -0.1) is 10.2 Å². The van der Waals surface area contributed by atoms with Gasteiger partial charge in [0.25, 0.3) is 0 Å². The Hall–Kier alpha value is -2.78. The summed E-state index contributed by atoms with van der Waals surface area (Å²) in [7, 11) is 0. The predicted molar refractivity (Wildman–Crippen MR) is 89.2 cm³/mol. The summed E-state index contributed by atoms with van der Waals surface area (Å²) in [6.07, 6.45) is 4.70. The highest BCUT2D eigenvalue weighted by molar-refractivity contribution is 6.29. The van der Waals surface area contributed by atoms with Crippen molar-refractivity contribution in [3.05, 3.63) is 47.1 Å². The molecule has 1 aliphatic rings. The zero-order valence-corrected chi connectivity index (χ0v) is 13.2. The fraction of sp³-hybridized carbons (Fsp3) is 0.235. The molecule has 6 nitrogen and oxygen atoms in total. The average molecular weight is 340 g/mol. The molecule has 1 fully saturated rings. The minimum Gasteiger partial charge on any atom is -0.317 e. The number of rotatable bonds is 3. The first kappa shape index (κ1) is 11.7. The van der Waals surface area contributed by atoms with Crippen LogP contribution in [0.2, 0.25) is 5.15 Å². The van der Waals surface area contributed by atoms with Crippen molar-refractivity contribution in [3.63, 3.8) is 0 Å². The summed E-state index contributed by atoms with van der Waals surface area (Å²) in [5, 5.41) is 17.3. The van der Waals surface area contributed by atoms with Crippen LogP contribution in [0.4, 0.5) is 0 Å². The van der Waals surface area contributed by atoms with E-state index in [9.17, 15) is 5.26 Å². The van der Waals surface area contributed by atoms with Gasteiger partial charge < -0.3 is 4.57 Å². The van der Waals surface area contributed by atoms with Crippen LogP contribution in [0.5, 0.6) is 0 Å². The Kier molecular flexibility index (Phi) is 2.78. The van der Waals surface area contributed by atoms with Crippen LogP contribution in [0.25, 0.3) is 22.6 Å². The number of nitriles is 1. The molecule has 0 amide bonds. The Balaban J connectivity index is 1.94. The van der Waals surface area contributed by atoms with E-state index in [0.29, 0.717) is 27.9 Å². The van der Waals surface area contributed by atoms with Gasteiger partial charge in [0.2, 0.25) is 0 Å². The van der Waals surface area contributed by atoms with Crippen molar-refractivity contribution in [3.8, 4) is 28.7 Å². The first-order valence-corrected chi connectivity index (χ1v) is 7.73. The van der Waals surface area contributed by atoms with Crippen LogP contribution in [0, 0.1) is 11.3 Å². The summed E-state index contributed by atoms with van der Waals surface area (Å²) in [5.41, 5.74) is 2.73. The first-order chi connectivity index (χ1) is 12.9. The normalized spacial score (nSPS) is 16.1. The van der Waals surface area contributed by atoms with Gasteiger partial charge in [-0.3, -0.25) is 4.98 Å². The molecule has 1 saturated carbocycles. The molecule has 0 saturated heterocycles. The van der Waals surface area contributed by atoms with Crippen LogP contribution in [0.15, 0.2) is 30.7 Å². The van der Waals surface area contributed by atoms with Crippen LogP contribution < -0.4 is 0 Å². The highest BCUT2D eigenvalue weighted by Crippen LogP contribution is 2.41. The molecule has 0 radical (unpaired) electrons. The predicted octanol–water partition coefficient (Wildman–Crippen LogP) is 3.34. The lowest BCUT2D eigenvalue weighted by atomic mass is 10.0. The van der Waals surface area contributed by atoms with Crippen molar-refractivity contribution in [1.82, 2.24) is 24.7 Å². The molecule has 118 valence electrons. The SMILES string of the molecule is [2H]C([2H])([2H])n1cnnc1-c1cc(C#N)cnc1-c1cc(Cl)nc(C2CC2)c1. The van der Waals surface area contributed by atoms with Gasteiger partial charge in [-0.25, -0.2) is 4.98 Å².